The van der Waals surface area contributed by atoms with Crippen molar-refractivity contribution in [2.75, 3.05) is 52.0 Å². The van der Waals surface area contributed by atoms with E-state index in [0.717, 1.165) is 38.3 Å². The van der Waals surface area contributed by atoms with E-state index in [-0.39, 0.29) is 5.91 Å². The number of rotatable bonds is 4. The number of nitrogens with two attached hydrogens (primary N) is 1. The van der Waals surface area contributed by atoms with Crippen LogP contribution in [0.5, 0.6) is 0 Å². The average Bonchev–Trinajstić information content (AvgIpc) is 2.41. The third-order valence-electron chi connectivity index (χ3n) is 3.84. The molecular weight excluding hydrogens is 252 g/mol. The predicted octanol–water partition coefficient (Wildman–Crippen LogP) is 0.554. The third-order valence-corrected chi connectivity index (χ3v) is 3.84. The third kappa shape index (κ3) is 3.71. The number of benzene rings is 1. The molecule has 1 amide bonds. The number of piperazine rings is 1. The van der Waals surface area contributed by atoms with Crippen molar-refractivity contribution in [1.29, 1.82) is 0 Å². The summed E-state index contributed by atoms with van der Waals surface area (Å²) >= 11 is 0. The summed E-state index contributed by atoms with van der Waals surface area (Å²) in [4.78, 5) is 16.9. The Hall–Kier alpha value is -1.59. The maximum absolute atomic E-state index is 12.2. The van der Waals surface area contributed by atoms with Crippen molar-refractivity contribution >= 4 is 11.6 Å². The van der Waals surface area contributed by atoms with Gasteiger partial charge in [0.05, 0.1) is 5.56 Å². The van der Waals surface area contributed by atoms with Gasteiger partial charge in [-0.1, -0.05) is 12.1 Å². The summed E-state index contributed by atoms with van der Waals surface area (Å²) in [5, 5.41) is 2.96. The van der Waals surface area contributed by atoms with E-state index in [0.29, 0.717) is 17.8 Å². The molecule has 0 atom stereocenters. The van der Waals surface area contributed by atoms with E-state index < -0.39 is 0 Å². The van der Waals surface area contributed by atoms with E-state index in [1.807, 2.05) is 19.1 Å². The number of nitrogens with one attached hydrogen (secondary N) is 1. The highest BCUT2D eigenvalue weighted by molar-refractivity contribution is 6.00. The van der Waals surface area contributed by atoms with Crippen molar-refractivity contribution in [1.82, 2.24) is 15.1 Å². The summed E-state index contributed by atoms with van der Waals surface area (Å²) < 4.78 is 0. The van der Waals surface area contributed by atoms with E-state index in [9.17, 15) is 4.79 Å². The summed E-state index contributed by atoms with van der Waals surface area (Å²) in [5.74, 6) is -0.0743. The van der Waals surface area contributed by atoms with Crippen LogP contribution in [0.4, 0.5) is 5.69 Å². The molecule has 1 fully saturated rings. The molecule has 1 aliphatic heterocycles. The van der Waals surface area contributed by atoms with Crippen molar-refractivity contribution in [3.63, 3.8) is 0 Å². The predicted molar refractivity (Wildman–Crippen MR) is 81.9 cm³/mol. The van der Waals surface area contributed by atoms with Gasteiger partial charge in [-0.2, -0.15) is 0 Å². The Bertz CT molecular complexity index is 447. The van der Waals surface area contributed by atoms with Crippen LogP contribution < -0.4 is 11.1 Å². The lowest BCUT2D eigenvalue weighted by Crippen LogP contribution is -2.47. The van der Waals surface area contributed by atoms with Gasteiger partial charge in [-0.3, -0.25) is 9.69 Å². The van der Waals surface area contributed by atoms with Gasteiger partial charge in [-0.25, -0.2) is 0 Å². The number of amides is 1. The number of nitrogen functional groups attached to an aromatic ring is 1. The second-order valence-electron chi connectivity index (χ2n) is 5.44. The topological polar surface area (TPSA) is 61.6 Å². The number of carbonyl (C=O) groups excluding carboxylic acids is 1. The molecule has 1 saturated heterocycles. The van der Waals surface area contributed by atoms with Gasteiger partial charge in [0.1, 0.15) is 0 Å². The van der Waals surface area contributed by atoms with Crippen LogP contribution >= 0.6 is 0 Å². The van der Waals surface area contributed by atoms with Gasteiger partial charge >= 0.3 is 0 Å². The molecule has 0 aromatic heterocycles. The van der Waals surface area contributed by atoms with Crippen LogP contribution in [0.1, 0.15) is 15.9 Å². The van der Waals surface area contributed by atoms with Gasteiger partial charge in [0.25, 0.3) is 5.91 Å². The van der Waals surface area contributed by atoms with Gasteiger partial charge in [0.15, 0.2) is 0 Å². The van der Waals surface area contributed by atoms with E-state index in [1.165, 1.54) is 0 Å². The zero-order valence-electron chi connectivity index (χ0n) is 12.4. The Kier molecular flexibility index (Phi) is 4.98. The minimum atomic E-state index is -0.0743. The molecule has 1 aliphatic rings. The normalized spacial score (nSPS) is 17.1. The quantitative estimate of drug-likeness (QED) is 0.789. The molecule has 5 nitrogen and oxygen atoms in total. The molecular formula is C15H24N4O. The monoisotopic (exact) mass is 276 g/mol. The van der Waals surface area contributed by atoms with Gasteiger partial charge in [0, 0.05) is 45.0 Å². The molecule has 3 N–H and O–H groups in total. The molecule has 2 rings (SSSR count). The average molecular weight is 276 g/mol. The van der Waals surface area contributed by atoms with Gasteiger partial charge < -0.3 is 16.0 Å². The smallest absolute Gasteiger partial charge is 0.253 e. The Morgan fingerprint density at radius 3 is 2.65 bits per heavy atom. The number of anilines is 1. The van der Waals surface area contributed by atoms with Crippen LogP contribution in [-0.2, 0) is 0 Å². The lowest BCUT2D eigenvalue weighted by Gasteiger charge is -2.32. The zero-order chi connectivity index (χ0) is 14.5. The van der Waals surface area contributed by atoms with Gasteiger partial charge in [-0.05, 0) is 25.6 Å². The molecule has 1 aromatic rings. The zero-order valence-corrected chi connectivity index (χ0v) is 12.4. The Morgan fingerprint density at radius 2 is 2.00 bits per heavy atom. The minimum Gasteiger partial charge on any atom is -0.398 e. The van der Waals surface area contributed by atoms with Crippen molar-refractivity contribution < 1.29 is 4.79 Å². The Labute approximate surface area is 120 Å². The number of hydrogen-bond donors (Lipinski definition) is 2. The maximum atomic E-state index is 12.2. The van der Waals surface area contributed by atoms with Crippen molar-refractivity contribution in [2.45, 2.75) is 6.92 Å². The summed E-state index contributed by atoms with van der Waals surface area (Å²) in [6.45, 7) is 7.79. The first-order chi connectivity index (χ1) is 9.58. The molecule has 1 heterocycles. The highest BCUT2D eigenvalue weighted by Crippen LogP contribution is 2.15. The van der Waals surface area contributed by atoms with Crippen molar-refractivity contribution in [3.8, 4) is 0 Å². The molecule has 0 spiro atoms. The fraction of sp³-hybridized carbons (Fsp3) is 0.533. The van der Waals surface area contributed by atoms with Crippen LogP contribution in [0.3, 0.4) is 0 Å². The van der Waals surface area contributed by atoms with Gasteiger partial charge in [0.2, 0.25) is 0 Å². The van der Waals surface area contributed by atoms with Gasteiger partial charge in [-0.15, -0.1) is 0 Å². The standard InChI is InChI=1S/C15H24N4O/c1-12-4-3-5-13(16)14(12)15(20)17-6-7-19-10-8-18(2)9-11-19/h3-5H,6-11,16H2,1-2H3,(H,17,20). The Balaban J connectivity index is 1.81. The van der Waals surface area contributed by atoms with E-state index in [1.54, 1.807) is 6.07 Å². The highest BCUT2D eigenvalue weighted by Gasteiger charge is 2.15. The SMILES string of the molecule is Cc1cccc(N)c1C(=O)NCCN1CCN(C)CC1. The lowest BCUT2D eigenvalue weighted by molar-refractivity contribution is 0.0941. The summed E-state index contributed by atoms with van der Waals surface area (Å²) in [5.41, 5.74) is 7.94. The first kappa shape index (κ1) is 14.8. The van der Waals surface area contributed by atoms with E-state index >= 15 is 0 Å². The number of carbonyl (C=O) groups is 1. The number of nitrogens with zero attached hydrogens (tertiary/aromatic N) is 2. The number of likely N-dealkylation sites (N-methyl/N-ethyl adjacent to an activating group) is 1. The lowest BCUT2D eigenvalue weighted by atomic mass is 10.1. The molecule has 0 saturated carbocycles. The number of hydrogen-bond acceptors (Lipinski definition) is 4. The molecule has 0 aliphatic carbocycles. The highest BCUT2D eigenvalue weighted by atomic mass is 16.1. The molecule has 0 unspecified atom stereocenters. The van der Waals surface area contributed by atoms with E-state index in [4.69, 9.17) is 5.73 Å². The minimum absolute atomic E-state index is 0.0743. The molecule has 0 bridgehead atoms. The fourth-order valence-corrected chi connectivity index (χ4v) is 2.49. The van der Waals surface area contributed by atoms with Crippen molar-refractivity contribution in [3.05, 3.63) is 29.3 Å². The molecule has 5 heteroatoms. The van der Waals surface area contributed by atoms with Crippen LogP contribution in [-0.4, -0.2) is 62.0 Å². The second kappa shape index (κ2) is 6.72. The largest absolute Gasteiger partial charge is 0.398 e. The summed E-state index contributed by atoms with van der Waals surface area (Å²) in [6, 6.07) is 5.54. The van der Waals surface area contributed by atoms with Crippen molar-refractivity contribution in [2.24, 2.45) is 0 Å². The summed E-state index contributed by atoms with van der Waals surface area (Å²) in [7, 11) is 2.14. The molecule has 0 radical (unpaired) electrons. The Morgan fingerprint density at radius 1 is 1.30 bits per heavy atom. The van der Waals surface area contributed by atoms with Crippen LogP contribution in [0.25, 0.3) is 0 Å². The second-order valence-corrected chi connectivity index (χ2v) is 5.44. The summed E-state index contributed by atoms with van der Waals surface area (Å²) in [6.07, 6.45) is 0. The number of aryl methyl sites for hydroxylation is 1. The fourth-order valence-electron chi connectivity index (χ4n) is 2.49. The molecule has 20 heavy (non-hydrogen) atoms. The van der Waals surface area contributed by atoms with E-state index in [2.05, 4.69) is 22.2 Å². The first-order valence-electron chi connectivity index (χ1n) is 7.12. The van der Waals surface area contributed by atoms with Crippen LogP contribution in [0.15, 0.2) is 18.2 Å². The molecule has 110 valence electrons. The first-order valence-corrected chi connectivity index (χ1v) is 7.12. The maximum Gasteiger partial charge on any atom is 0.253 e. The van der Waals surface area contributed by atoms with Crippen LogP contribution in [0.2, 0.25) is 0 Å². The molecule has 1 aromatic carbocycles. The van der Waals surface area contributed by atoms with Crippen LogP contribution in [0, 0.1) is 6.92 Å².